The maximum atomic E-state index is 12.6. The molecule has 1 aromatic carbocycles. The minimum Gasteiger partial charge on any atom is -0.352 e. The lowest BCUT2D eigenvalue weighted by atomic mass is 10.2. The molecule has 0 bridgehead atoms. The summed E-state index contributed by atoms with van der Waals surface area (Å²) >= 11 is 12.3. The van der Waals surface area contributed by atoms with Crippen LogP contribution < -0.4 is 10.6 Å². The molecule has 1 saturated carbocycles. The van der Waals surface area contributed by atoms with E-state index in [4.69, 9.17) is 23.2 Å². The SMILES string of the molecule is O=C(Cn1cc(NC(=O)c2[nH]c3ccc(Cl)cc3c2Cl)cn1)NC1CCCC1. The number of H-pyrrole nitrogens is 1. The van der Waals surface area contributed by atoms with Crippen LogP contribution in [0.1, 0.15) is 36.2 Å². The van der Waals surface area contributed by atoms with Gasteiger partial charge in [0.2, 0.25) is 5.91 Å². The normalized spacial score (nSPS) is 14.5. The third-order valence-corrected chi connectivity index (χ3v) is 5.47. The molecule has 2 heterocycles. The number of fused-ring (bicyclic) bond motifs is 1. The van der Waals surface area contributed by atoms with Crippen molar-refractivity contribution >= 4 is 51.6 Å². The van der Waals surface area contributed by atoms with E-state index in [1.165, 1.54) is 10.9 Å². The average molecular weight is 420 g/mol. The maximum Gasteiger partial charge on any atom is 0.273 e. The number of hydrogen-bond donors (Lipinski definition) is 3. The minimum absolute atomic E-state index is 0.0802. The highest BCUT2D eigenvalue weighted by Crippen LogP contribution is 2.30. The Morgan fingerprint density at radius 1 is 1.25 bits per heavy atom. The van der Waals surface area contributed by atoms with Gasteiger partial charge in [-0.3, -0.25) is 14.3 Å². The number of nitrogens with one attached hydrogen (secondary N) is 3. The molecule has 4 rings (SSSR count). The molecule has 2 amide bonds. The van der Waals surface area contributed by atoms with Crippen molar-refractivity contribution in [2.45, 2.75) is 38.3 Å². The van der Waals surface area contributed by atoms with Gasteiger partial charge < -0.3 is 15.6 Å². The van der Waals surface area contributed by atoms with E-state index >= 15 is 0 Å². The average Bonchev–Trinajstić information content (AvgIpc) is 3.37. The number of nitrogens with zero attached hydrogens (tertiary/aromatic N) is 2. The molecule has 1 aliphatic rings. The largest absolute Gasteiger partial charge is 0.352 e. The Hall–Kier alpha value is -2.51. The zero-order valence-corrected chi connectivity index (χ0v) is 16.5. The first-order valence-electron chi connectivity index (χ1n) is 9.09. The first-order valence-corrected chi connectivity index (χ1v) is 9.85. The van der Waals surface area contributed by atoms with Crippen molar-refractivity contribution in [1.82, 2.24) is 20.1 Å². The third-order valence-electron chi connectivity index (χ3n) is 4.84. The van der Waals surface area contributed by atoms with Crippen LogP contribution in [-0.4, -0.2) is 32.6 Å². The van der Waals surface area contributed by atoms with Crippen LogP contribution in [0, 0.1) is 0 Å². The Morgan fingerprint density at radius 3 is 2.82 bits per heavy atom. The molecule has 28 heavy (non-hydrogen) atoms. The zero-order valence-electron chi connectivity index (χ0n) is 15.0. The number of benzene rings is 1. The van der Waals surface area contributed by atoms with Gasteiger partial charge in [-0.2, -0.15) is 5.10 Å². The molecule has 0 unspecified atom stereocenters. The Balaban J connectivity index is 1.41. The number of halogens is 2. The summed E-state index contributed by atoms with van der Waals surface area (Å²) in [7, 11) is 0. The standard InChI is InChI=1S/C19H19Cl2N5O2/c20-11-5-6-15-14(7-11)17(21)18(25-15)19(28)24-13-8-22-26(9-13)10-16(27)23-12-3-1-2-4-12/h5-9,12,25H,1-4,10H2,(H,23,27)(H,24,28). The number of amides is 2. The molecule has 9 heteroatoms. The summed E-state index contributed by atoms with van der Waals surface area (Å²) < 4.78 is 1.49. The molecule has 1 fully saturated rings. The summed E-state index contributed by atoms with van der Waals surface area (Å²) in [5, 5.41) is 11.4. The van der Waals surface area contributed by atoms with Gasteiger partial charge in [-0.05, 0) is 31.0 Å². The second-order valence-electron chi connectivity index (χ2n) is 6.93. The molecular formula is C19H19Cl2N5O2. The number of anilines is 1. The lowest BCUT2D eigenvalue weighted by Crippen LogP contribution is -2.35. The summed E-state index contributed by atoms with van der Waals surface area (Å²) in [6.07, 6.45) is 7.48. The fourth-order valence-electron chi connectivity index (χ4n) is 3.49. The maximum absolute atomic E-state index is 12.6. The van der Waals surface area contributed by atoms with Crippen molar-refractivity contribution < 1.29 is 9.59 Å². The Morgan fingerprint density at radius 2 is 2.04 bits per heavy atom. The third kappa shape index (κ3) is 4.00. The van der Waals surface area contributed by atoms with Crippen LogP contribution in [0.4, 0.5) is 5.69 Å². The van der Waals surface area contributed by atoms with Crippen molar-refractivity contribution in [3.8, 4) is 0 Å². The van der Waals surface area contributed by atoms with Crippen molar-refractivity contribution in [2.24, 2.45) is 0 Å². The molecule has 0 aliphatic heterocycles. The van der Waals surface area contributed by atoms with Crippen molar-refractivity contribution in [3.05, 3.63) is 46.3 Å². The van der Waals surface area contributed by atoms with E-state index in [9.17, 15) is 9.59 Å². The number of carbonyl (C=O) groups excluding carboxylic acids is 2. The molecule has 146 valence electrons. The lowest BCUT2D eigenvalue weighted by Gasteiger charge is -2.11. The fourth-order valence-corrected chi connectivity index (χ4v) is 3.95. The molecule has 0 saturated heterocycles. The van der Waals surface area contributed by atoms with Crippen LogP contribution in [0.25, 0.3) is 10.9 Å². The van der Waals surface area contributed by atoms with E-state index in [1.54, 1.807) is 24.4 Å². The first kappa shape index (κ1) is 18.8. The Labute approximate surface area is 171 Å². The van der Waals surface area contributed by atoms with Gasteiger partial charge in [0.1, 0.15) is 12.2 Å². The number of rotatable bonds is 5. The number of aromatic amines is 1. The van der Waals surface area contributed by atoms with Crippen LogP contribution in [0.15, 0.2) is 30.6 Å². The van der Waals surface area contributed by atoms with Crippen LogP contribution in [-0.2, 0) is 11.3 Å². The van der Waals surface area contributed by atoms with Gasteiger partial charge in [-0.25, -0.2) is 0 Å². The predicted molar refractivity (Wildman–Crippen MR) is 109 cm³/mol. The Kier molecular flexibility index (Phi) is 5.28. The second-order valence-corrected chi connectivity index (χ2v) is 7.75. The lowest BCUT2D eigenvalue weighted by molar-refractivity contribution is -0.122. The summed E-state index contributed by atoms with van der Waals surface area (Å²) in [5.74, 6) is -0.476. The zero-order chi connectivity index (χ0) is 19.7. The number of carbonyl (C=O) groups is 2. The fraction of sp³-hybridized carbons (Fsp3) is 0.316. The van der Waals surface area contributed by atoms with Gasteiger partial charge in [-0.15, -0.1) is 0 Å². The van der Waals surface area contributed by atoms with Gasteiger partial charge in [0, 0.05) is 28.2 Å². The highest BCUT2D eigenvalue weighted by molar-refractivity contribution is 6.40. The summed E-state index contributed by atoms with van der Waals surface area (Å²) in [4.78, 5) is 27.7. The summed E-state index contributed by atoms with van der Waals surface area (Å²) in [6.45, 7) is 0.109. The van der Waals surface area contributed by atoms with E-state index in [0.29, 0.717) is 21.1 Å². The van der Waals surface area contributed by atoms with Crippen LogP contribution in [0.5, 0.6) is 0 Å². The van der Waals surface area contributed by atoms with Crippen LogP contribution in [0.2, 0.25) is 10.0 Å². The smallest absolute Gasteiger partial charge is 0.273 e. The monoisotopic (exact) mass is 419 g/mol. The highest BCUT2D eigenvalue weighted by Gasteiger charge is 2.19. The quantitative estimate of drug-likeness (QED) is 0.583. The van der Waals surface area contributed by atoms with Crippen molar-refractivity contribution in [3.63, 3.8) is 0 Å². The van der Waals surface area contributed by atoms with Gasteiger partial charge in [-0.1, -0.05) is 36.0 Å². The summed E-state index contributed by atoms with van der Waals surface area (Å²) in [6, 6.07) is 5.45. The molecule has 0 spiro atoms. The molecule has 0 radical (unpaired) electrons. The Bertz CT molecular complexity index is 1040. The van der Waals surface area contributed by atoms with E-state index in [1.807, 2.05) is 0 Å². The van der Waals surface area contributed by atoms with Gasteiger partial charge in [0.25, 0.3) is 5.91 Å². The van der Waals surface area contributed by atoms with Gasteiger partial charge in [0.05, 0.1) is 16.9 Å². The van der Waals surface area contributed by atoms with E-state index in [0.717, 1.165) is 31.2 Å². The number of aromatic nitrogens is 3. The highest BCUT2D eigenvalue weighted by atomic mass is 35.5. The molecule has 3 aromatic rings. The van der Waals surface area contributed by atoms with E-state index < -0.39 is 5.91 Å². The topological polar surface area (TPSA) is 91.8 Å². The minimum atomic E-state index is -0.396. The van der Waals surface area contributed by atoms with E-state index in [2.05, 4.69) is 20.7 Å². The van der Waals surface area contributed by atoms with Gasteiger partial charge in [0.15, 0.2) is 0 Å². The first-order chi connectivity index (χ1) is 13.5. The van der Waals surface area contributed by atoms with Crippen LogP contribution >= 0.6 is 23.2 Å². The molecular weight excluding hydrogens is 401 g/mol. The van der Waals surface area contributed by atoms with E-state index in [-0.39, 0.29) is 24.2 Å². The number of hydrogen-bond acceptors (Lipinski definition) is 3. The summed E-state index contributed by atoms with van der Waals surface area (Å²) in [5.41, 5.74) is 1.44. The molecule has 3 N–H and O–H groups in total. The van der Waals surface area contributed by atoms with Gasteiger partial charge >= 0.3 is 0 Å². The van der Waals surface area contributed by atoms with Crippen LogP contribution in [0.3, 0.4) is 0 Å². The van der Waals surface area contributed by atoms with Crippen molar-refractivity contribution in [1.29, 1.82) is 0 Å². The van der Waals surface area contributed by atoms with Crippen molar-refractivity contribution in [2.75, 3.05) is 5.32 Å². The molecule has 1 aliphatic carbocycles. The molecule has 0 atom stereocenters. The second kappa shape index (κ2) is 7.85. The molecule has 7 nitrogen and oxygen atoms in total. The molecule has 2 aromatic heterocycles. The predicted octanol–water partition coefficient (Wildman–Crippen LogP) is 3.98.